The highest BCUT2D eigenvalue weighted by Gasteiger charge is 2.36. The molecule has 0 aromatic heterocycles. The first-order valence-electron chi connectivity index (χ1n) is 6.16. The first-order valence-corrected chi connectivity index (χ1v) is 6.16. The van der Waals surface area contributed by atoms with Crippen LogP contribution < -0.4 is 5.73 Å². The van der Waals surface area contributed by atoms with Gasteiger partial charge in [-0.15, -0.1) is 0 Å². The lowest BCUT2D eigenvalue weighted by atomic mass is 9.70. The fourth-order valence-corrected chi connectivity index (χ4v) is 2.05. The zero-order valence-electron chi connectivity index (χ0n) is 10.9. The van der Waals surface area contributed by atoms with Crippen LogP contribution in [-0.2, 0) is 0 Å². The Morgan fingerprint density at radius 1 is 1.12 bits per heavy atom. The van der Waals surface area contributed by atoms with E-state index in [-0.39, 0.29) is 11.0 Å². The van der Waals surface area contributed by atoms with E-state index in [1.165, 1.54) is 11.1 Å². The van der Waals surface area contributed by atoms with E-state index >= 15 is 0 Å². The number of nitrogens with two attached hydrogens (primary N) is 1. The van der Waals surface area contributed by atoms with Crippen molar-refractivity contribution in [1.29, 1.82) is 0 Å². The number of benzene rings is 1. The Labute approximate surface area is 104 Å². The third-order valence-electron chi connectivity index (χ3n) is 3.72. The Hall–Kier alpha value is -1.34. The van der Waals surface area contributed by atoms with Crippen LogP contribution in [0.3, 0.4) is 0 Å². The number of hydrogen-bond acceptors (Lipinski definition) is 1. The topological polar surface area (TPSA) is 26.0 Å². The summed E-state index contributed by atoms with van der Waals surface area (Å²) in [5.41, 5.74) is 8.84. The van der Waals surface area contributed by atoms with Crippen molar-refractivity contribution in [3.8, 4) is 0 Å². The first kappa shape index (κ1) is 12.1. The monoisotopic (exact) mass is 227 g/mol. The lowest BCUT2D eigenvalue weighted by Crippen LogP contribution is -2.49. The molecule has 90 valence electrons. The lowest BCUT2D eigenvalue weighted by Gasteiger charge is -2.40. The largest absolute Gasteiger partial charge is 0.321 e. The van der Waals surface area contributed by atoms with Crippen LogP contribution >= 0.6 is 0 Å². The molecule has 0 amide bonds. The van der Waals surface area contributed by atoms with Crippen molar-refractivity contribution in [2.24, 2.45) is 11.1 Å². The maximum absolute atomic E-state index is 6.45. The Balaban J connectivity index is 2.23. The van der Waals surface area contributed by atoms with Gasteiger partial charge in [0, 0.05) is 5.54 Å². The summed E-state index contributed by atoms with van der Waals surface area (Å²) in [6, 6.07) is 10.4. The molecule has 0 heterocycles. The van der Waals surface area contributed by atoms with E-state index in [4.69, 9.17) is 5.73 Å². The summed E-state index contributed by atoms with van der Waals surface area (Å²) in [5.74, 6) is 0. The van der Waals surface area contributed by atoms with Gasteiger partial charge < -0.3 is 5.73 Å². The van der Waals surface area contributed by atoms with Crippen LogP contribution in [0.15, 0.2) is 48.6 Å². The van der Waals surface area contributed by atoms with Crippen molar-refractivity contribution in [1.82, 2.24) is 0 Å². The summed E-state index contributed by atoms with van der Waals surface area (Å²) >= 11 is 0. The Bertz CT molecular complexity index is 448. The van der Waals surface area contributed by atoms with Crippen LogP contribution in [0, 0.1) is 5.41 Å². The van der Waals surface area contributed by atoms with Gasteiger partial charge in [0.05, 0.1) is 0 Å². The van der Waals surface area contributed by atoms with Gasteiger partial charge in [-0.3, -0.25) is 0 Å². The zero-order chi connectivity index (χ0) is 12.5. The van der Waals surface area contributed by atoms with Crippen LogP contribution in [0.2, 0.25) is 0 Å². The summed E-state index contributed by atoms with van der Waals surface area (Å²) in [4.78, 5) is 0. The van der Waals surface area contributed by atoms with Crippen LogP contribution in [0.4, 0.5) is 0 Å². The summed E-state index contributed by atoms with van der Waals surface area (Å²) in [7, 11) is 0. The van der Waals surface area contributed by atoms with Gasteiger partial charge in [0.1, 0.15) is 0 Å². The van der Waals surface area contributed by atoms with E-state index in [2.05, 4.69) is 63.3 Å². The molecule has 0 fully saturated rings. The minimum atomic E-state index is -0.231. The summed E-state index contributed by atoms with van der Waals surface area (Å²) in [6.45, 7) is 6.58. The highest BCUT2D eigenvalue weighted by atomic mass is 14.8. The molecule has 1 aromatic carbocycles. The van der Waals surface area contributed by atoms with Crippen molar-refractivity contribution in [3.05, 3.63) is 54.1 Å². The molecule has 0 aliphatic heterocycles. The molecule has 1 aromatic rings. The fraction of sp³-hybridized carbons (Fsp3) is 0.375. The highest BCUT2D eigenvalue weighted by Crippen LogP contribution is 2.37. The molecule has 1 atom stereocenters. The second-order valence-electron chi connectivity index (χ2n) is 5.85. The van der Waals surface area contributed by atoms with Gasteiger partial charge in [-0.05, 0) is 23.0 Å². The molecule has 1 unspecified atom stereocenters. The summed E-state index contributed by atoms with van der Waals surface area (Å²) in [5, 5.41) is 0. The zero-order valence-corrected chi connectivity index (χ0v) is 10.9. The standard InChI is InChI=1S/C16H21N/c1-15(2,3)16(17)11-9-14(10-12-16)13-7-5-4-6-8-13/h4-11H,12,17H2,1-3H3. The van der Waals surface area contributed by atoms with E-state index in [1.807, 2.05) is 6.07 Å². The summed E-state index contributed by atoms with van der Waals surface area (Å²) < 4.78 is 0. The van der Waals surface area contributed by atoms with Gasteiger partial charge in [0.25, 0.3) is 0 Å². The van der Waals surface area contributed by atoms with Crippen molar-refractivity contribution in [3.63, 3.8) is 0 Å². The average molecular weight is 227 g/mol. The molecule has 1 aliphatic rings. The van der Waals surface area contributed by atoms with E-state index in [9.17, 15) is 0 Å². The molecule has 0 saturated carbocycles. The number of hydrogen-bond donors (Lipinski definition) is 1. The molecular weight excluding hydrogens is 206 g/mol. The molecule has 1 aliphatic carbocycles. The molecule has 0 radical (unpaired) electrons. The van der Waals surface area contributed by atoms with Gasteiger partial charge >= 0.3 is 0 Å². The van der Waals surface area contributed by atoms with E-state index in [0.29, 0.717) is 0 Å². The third-order valence-corrected chi connectivity index (χ3v) is 3.72. The molecule has 1 heteroatoms. The average Bonchev–Trinajstić information content (AvgIpc) is 2.30. The number of allylic oxidation sites excluding steroid dienone is 2. The van der Waals surface area contributed by atoms with Gasteiger partial charge in [-0.25, -0.2) is 0 Å². The molecule has 0 bridgehead atoms. The fourth-order valence-electron chi connectivity index (χ4n) is 2.05. The van der Waals surface area contributed by atoms with Crippen molar-refractivity contribution < 1.29 is 0 Å². The highest BCUT2D eigenvalue weighted by molar-refractivity contribution is 5.75. The second kappa shape index (κ2) is 4.15. The molecule has 1 nitrogen and oxygen atoms in total. The van der Waals surface area contributed by atoms with E-state index < -0.39 is 0 Å². The predicted octanol–water partition coefficient (Wildman–Crippen LogP) is 3.77. The first-order chi connectivity index (χ1) is 7.92. The maximum atomic E-state index is 6.45. The molecular formula is C16H21N. The predicted molar refractivity (Wildman–Crippen MR) is 74.5 cm³/mol. The Morgan fingerprint density at radius 3 is 2.24 bits per heavy atom. The quantitative estimate of drug-likeness (QED) is 0.776. The minimum Gasteiger partial charge on any atom is -0.321 e. The van der Waals surface area contributed by atoms with Crippen molar-refractivity contribution >= 4 is 5.57 Å². The van der Waals surface area contributed by atoms with Crippen LogP contribution in [0.25, 0.3) is 5.57 Å². The van der Waals surface area contributed by atoms with Gasteiger partial charge in [0.15, 0.2) is 0 Å². The summed E-state index contributed by atoms with van der Waals surface area (Å²) in [6.07, 6.45) is 7.47. The van der Waals surface area contributed by atoms with E-state index in [1.54, 1.807) is 0 Å². The second-order valence-corrected chi connectivity index (χ2v) is 5.85. The van der Waals surface area contributed by atoms with Gasteiger partial charge in [-0.2, -0.15) is 0 Å². The van der Waals surface area contributed by atoms with Crippen LogP contribution in [0.1, 0.15) is 32.8 Å². The normalized spacial score (nSPS) is 24.6. The number of rotatable bonds is 1. The van der Waals surface area contributed by atoms with Crippen LogP contribution in [0.5, 0.6) is 0 Å². The van der Waals surface area contributed by atoms with Crippen LogP contribution in [-0.4, -0.2) is 5.54 Å². The molecule has 2 rings (SSSR count). The van der Waals surface area contributed by atoms with Gasteiger partial charge in [-0.1, -0.05) is 69.3 Å². The van der Waals surface area contributed by atoms with Gasteiger partial charge in [0.2, 0.25) is 0 Å². The van der Waals surface area contributed by atoms with Crippen molar-refractivity contribution in [2.75, 3.05) is 0 Å². The molecule has 0 saturated heterocycles. The molecule has 0 spiro atoms. The van der Waals surface area contributed by atoms with E-state index in [0.717, 1.165) is 6.42 Å². The Kier molecular flexibility index (Phi) is 2.96. The Morgan fingerprint density at radius 2 is 1.76 bits per heavy atom. The SMILES string of the molecule is CC(C)(C)C1(N)C=CC(c2ccccc2)=CC1. The minimum absolute atomic E-state index is 0.0855. The molecule has 2 N–H and O–H groups in total. The lowest BCUT2D eigenvalue weighted by molar-refractivity contribution is 0.242. The van der Waals surface area contributed by atoms with Crippen molar-refractivity contribution in [2.45, 2.75) is 32.7 Å². The maximum Gasteiger partial charge on any atom is 0.0426 e. The third kappa shape index (κ3) is 2.34. The smallest absolute Gasteiger partial charge is 0.0426 e. The molecule has 17 heavy (non-hydrogen) atoms.